The molecule has 0 saturated heterocycles. The number of nitrogens with zero attached hydrogens (tertiary/aromatic N) is 1. The predicted molar refractivity (Wildman–Crippen MR) is 121 cm³/mol. The molecule has 0 aliphatic rings. The Bertz CT molecular complexity index is 1350. The molecule has 1 atom stereocenters. The Kier molecular flexibility index (Phi) is 6.33. The topological polar surface area (TPSA) is 94.3 Å². The zero-order valence-corrected chi connectivity index (χ0v) is 19.8. The van der Waals surface area contributed by atoms with Crippen molar-refractivity contribution in [2.24, 2.45) is 0 Å². The molecular formula is C21H14BrNO5S3. The zero-order chi connectivity index (χ0) is 22.0. The quantitative estimate of drug-likeness (QED) is 0.309. The molecule has 0 aliphatic heterocycles. The monoisotopic (exact) mass is 535 g/mol. The molecule has 1 unspecified atom stereocenters. The number of Topliss-reactive ketones (excluding diaryl/α,β-unsaturated/α-hetero) is 1. The number of sulfone groups is 1. The molecule has 6 nitrogen and oxygen atoms in total. The number of aromatic nitrogens is 1. The lowest BCUT2D eigenvalue weighted by Crippen LogP contribution is -2.13. The summed E-state index contributed by atoms with van der Waals surface area (Å²) in [6.07, 6.45) is 0. The van der Waals surface area contributed by atoms with Crippen LogP contribution in [0.2, 0.25) is 0 Å². The fourth-order valence-corrected chi connectivity index (χ4v) is 6.38. The second-order valence-electron chi connectivity index (χ2n) is 6.33. The standard InChI is InChI=1S/C21H14BrNO5S3/c22-15-8-10-16(11-9-15)31(26,27)20-21(28-19(23-20)18-7-4-12-29-18)30(25)13-17(24)14-5-2-1-3-6-14/h1-12H,13H2. The van der Waals surface area contributed by atoms with E-state index in [0.717, 1.165) is 0 Å². The fourth-order valence-electron chi connectivity index (χ4n) is 2.73. The van der Waals surface area contributed by atoms with E-state index in [1.807, 2.05) is 0 Å². The Morgan fingerprint density at radius 2 is 1.74 bits per heavy atom. The molecule has 0 fully saturated rings. The van der Waals surface area contributed by atoms with Crippen molar-refractivity contribution in [1.82, 2.24) is 4.98 Å². The van der Waals surface area contributed by atoms with Gasteiger partial charge in [0.1, 0.15) is 0 Å². The summed E-state index contributed by atoms with van der Waals surface area (Å²) >= 11 is 4.58. The Morgan fingerprint density at radius 3 is 2.39 bits per heavy atom. The highest BCUT2D eigenvalue weighted by Crippen LogP contribution is 2.33. The van der Waals surface area contributed by atoms with E-state index in [4.69, 9.17) is 4.42 Å². The molecule has 2 aromatic carbocycles. The largest absolute Gasteiger partial charge is 0.425 e. The van der Waals surface area contributed by atoms with E-state index >= 15 is 0 Å². The van der Waals surface area contributed by atoms with Crippen molar-refractivity contribution in [3.05, 3.63) is 82.1 Å². The highest BCUT2D eigenvalue weighted by atomic mass is 79.9. The van der Waals surface area contributed by atoms with E-state index in [9.17, 15) is 17.4 Å². The number of carbonyl (C=O) groups excluding carboxylic acids is 1. The van der Waals surface area contributed by atoms with Gasteiger partial charge in [-0.1, -0.05) is 52.3 Å². The first-order valence-corrected chi connectivity index (χ1v) is 13.4. The molecule has 158 valence electrons. The summed E-state index contributed by atoms with van der Waals surface area (Å²) < 4.78 is 45.9. The van der Waals surface area contributed by atoms with E-state index in [1.165, 1.54) is 23.5 Å². The molecule has 0 saturated carbocycles. The minimum Gasteiger partial charge on any atom is -0.425 e. The first-order chi connectivity index (χ1) is 14.9. The van der Waals surface area contributed by atoms with Crippen LogP contribution in [-0.4, -0.2) is 29.1 Å². The molecule has 31 heavy (non-hydrogen) atoms. The maximum atomic E-state index is 13.3. The van der Waals surface area contributed by atoms with Crippen molar-refractivity contribution in [3.63, 3.8) is 0 Å². The first kappa shape index (κ1) is 21.8. The number of thiophene rings is 1. The number of hydrogen-bond donors (Lipinski definition) is 0. The van der Waals surface area contributed by atoms with Gasteiger partial charge >= 0.3 is 0 Å². The van der Waals surface area contributed by atoms with Crippen LogP contribution in [0.3, 0.4) is 0 Å². The Balaban J connectivity index is 1.77. The lowest BCUT2D eigenvalue weighted by Gasteiger charge is -2.04. The number of oxazole rings is 1. The molecule has 0 amide bonds. The average molecular weight is 536 g/mol. The second kappa shape index (κ2) is 8.99. The molecule has 4 rings (SSSR count). The maximum absolute atomic E-state index is 13.3. The van der Waals surface area contributed by atoms with Crippen LogP contribution in [0, 0.1) is 0 Å². The Hall–Kier alpha value is -2.40. The SMILES string of the molecule is O=C(CS(=O)c1oc(-c2cccs2)nc1S(=O)(=O)c1ccc(Br)cc1)c1ccccc1. The van der Waals surface area contributed by atoms with Crippen LogP contribution in [-0.2, 0) is 20.6 Å². The van der Waals surface area contributed by atoms with Crippen LogP contribution in [0.1, 0.15) is 10.4 Å². The molecule has 2 heterocycles. The maximum Gasteiger partial charge on any atom is 0.239 e. The number of benzene rings is 2. The molecule has 0 bridgehead atoms. The smallest absolute Gasteiger partial charge is 0.239 e. The molecule has 2 aromatic heterocycles. The minimum atomic E-state index is -4.13. The summed E-state index contributed by atoms with van der Waals surface area (Å²) in [6, 6.07) is 17.9. The number of hydrogen-bond acceptors (Lipinski definition) is 7. The van der Waals surface area contributed by atoms with Gasteiger partial charge in [-0.2, -0.15) is 4.98 Å². The molecule has 0 radical (unpaired) electrons. The molecular weight excluding hydrogens is 522 g/mol. The van der Waals surface area contributed by atoms with Crippen LogP contribution in [0.5, 0.6) is 0 Å². The molecule has 0 N–H and O–H groups in total. The van der Waals surface area contributed by atoms with Crippen molar-refractivity contribution in [1.29, 1.82) is 0 Å². The summed E-state index contributed by atoms with van der Waals surface area (Å²) in [6.45, 7) is 0. The van der Waals surface area contributed by atoms with Gasteiger partial charge in [0.25, 0.3) is 0 Å². The van der Waals surface area contributed by atoms with Gasteiger partial charge in [-0.3, -0.25) is 9.00 Å². The average Bonchev–Trinajstić information content (AvgIpc) is 3.45. The number of ketones is 1. The summed E-state index contributed by atoms with van der Waals surface area (Å²) in [7, 11) is -6.18. The van der Waals surface area contributed by atoms with Gasteiger partial charge in [0.2, 0.25) is 25.8 Å². The van der Waals surface area contributed by atoms with E-state index in [0.29, 0.717) is 14.9 Å². The molecule has 10 heteroatoms. The minimum absolute atomic E-state index is 0.0191. The van der Waals surface area contributed by atoms with Crippen LogP contribution >= 0.6 is 27.3 Å². The Morgan fingerprint density at radius 1 is 1.03 bits per heavy atom. The van der Waals surface area contributed by atoms with Crippen LogP contribution in [0.15, 0.2) is 96.0 Å². The highest BCUT2D eigenvalue weighted by Gasteiger charge is 2.32. The van der Waals surface area contributed by atoms with Crippen LogP contribution in [0.25, 0.3) is 10.8 Å². The van der Waals surface area contributed by atoms with Crippen molar-refractivity contribution < 1.29 is 21.8 Å². The molecule has 0 spiro atoms. The zero-order valence-electron chi connectivity index (χ0n) is 15.7. The van der Waals surface area contributed by atoms with Gasteiger partial charge in [-0.25, -0.2) is 8.42 Å². The lowest BCUT2D eigenvalue weighted by atomic mass is 10.2. The third kappa shape index (κ3) is 4.62. The van der Waals surface area contributed by atoms with Crippen molar-refractivity contribution in [2.45, 2.75) is 15.0 Å². The second-order valence-corrected chi connectivity index (χ2v) is 11.4. The van der Waals surface area contributed by atoms with Crippen molar-refractivity contribution in [3.8, 4) is 10.8 Å². The van der Waals surface area contributed by atoms with Gasteiger partial charge in [0.05, 0.1) is 26.3 Å². The third-order valence-electron chi connectivity index (χ3n) is 4.24. The number of carbonyl (C=O) groups is 1. The molecule has 0 aliphatic carbocycles. The fraction of sp³-hybridized carbons (Fsp3) is 0.0476. The molecule has 4 aromatic rings. The first-order valence-electron chi connectivity index (χ1n) is 8.88. The van der Waals surface area contributed by atoms with E-state index in [2.05, 4.69) is 20.9 Å². The predicted octanol–water partition coefficient (Wildman–Crippen LogP) is 4.99. The van der Waals surface area contributed by atoms with Gasteiger partial charge in [0, 0.05) is 10.0 Å². The van der Waals surface area contributed by atoms with E-state index in [-0.39, 0.29) is 21.7 Å². The van der Waals surface area contributed by atoms with Gasteiger partial charge < -0.3 is 4.42 Å². The number of halogens is 1. The van der Waals surface area contributed by atoms with Crippen molar-refractivity contribution >= 4 is 53.7 Å². The Labute approximate surface area is 193 Å². The highest BCUT2D eigenvalue weighted by molar-refractivity contribution is 9.10. The van der Waals surface area contributed by atoms with Crippen molar-refractivity contribution in [2.75, 3.05) is 5.75 Å². The van der Waals surface area contributed by atoms with Gasteiger partial charge in [-0.05, 0) is 35.7 Å². The van der Waals surface area contributed by atoms with Crippen LogP contribution < -0.4 is 0 Å². The summed E-state index contributed by atoms with van der Waals surface area (Å²) in [5, 5.41) is 1.01. The summed E-state index contributed by atoms with van der Waals surface area (Å²) in [5.74, 6) is -0.771. The third-order valence-corrected chi connectivity index (χ3v) is 8.65. The van der Waals surface area contributed by atoms with E-state index in [1.54, 1.807) is 60.0 Å². The van der Waals surface area contributed by atoms with Gasteiger partial charge in [0.15, 0.2) is 5.78 Å². The number of rotatable bonds is 7. The normalized spacial score (nSPS) is 12.5. The lowest BCUT2D eigenvalue weighted by molar-refractivity contribution is 0.102. The summed E-state index contributed by atoms with van der Waals surface area (Å²) in [4.78, 5) is 17.3. The van der Waals surface area contributed by atoms with Gasteiger partial charge in [-0.15, -0.1) is 11.3 Å². The summed E-state index contributed by atoms with van der Waals surface area (Å²) in [5.41, 5.74) is 0.381. The van der Waals surface area contributed by atoms with Crippen LogP contribution in [0.4, 0.5) is 0 Å². The van der Waals surface area contributed by atoms with E-state index < -0.39 is 31.4 Å².